The van der Waals surface area contributed by atoms with Crippen LogP contribution in [0.15, 0.2) is 48.5 Å². The van der Waals surface area contributed by atoms with Gasteiger partial charge in [-0.05, 0) is 48.4 Å². The molecule has 2 N–H and O–H groups in total. The van der Waals surface area contributed by atoms with Crippen molar-refractivity contribution in [1.29, 1.82) is 0 Å². The predicted octanol–water partition coefficient (Wildman–Crippen LogP) is 4.35. The van der Waals surface area contributed by atoms with Crippen LogP contribution in [0.1, 0.15) is 31.9 Å². The minimum Gasteiger partial charge on any atom is -0.378 e. The second-order valence-electron chi connectivity index (χ2n) is 4.92. The first-order valence-corrected chi connectivity index (χ1v) is 6.98. The molecule has 110 valence electrons. The Morgan fingerprint density at radius 1 is 1.14 bits per heavy atom. The van der Waals surface area contributed by atoms with Crippen molar-refractivity contribution in [1.82, 2.24) is 0 Å². The van der Waals surface area contributed by atoms with Crippen LogP contribution < -0.4 is 10.6 Å². The van der Waals surface area contributed by atoms with Crippen molar-refractivity contribution >= 4 is 17.3 Å². The average molecular weight is 286 g/mol. The van der Waals surface area contributed by atoms with Crippen LogP contribution >= 0.6 is 0 Å². The third-order valence-electron chi connectivity index (χ3n) is 3.21. The second-order valence-corrected chi connectivity index (χ2v) is 4.92. The quantitative estimate of drug-likeness (QED) is 0.858. The predicted molar refractivity (Wildman–Crippen MR) is 83.8 cm³/mol. The number of amides is 1. The molecule has 4 heteroatoms. The lowest BCUT2D eigenvalue weighted by molar-refractivity contribution is -0.114. The average Bonchev–Trinajstić information content (AvgIpc) is 2.46. The van der Waals surface area contributed by atoms with Crippen molar-refractivity contribution in [3.63, 3.8) is 0 Å². The van der Waals surface area contributed by atoms with Crippen molar-refractivity contribution in [3.05, 3.63) is 59.9 Å². The lowest BCUT2D eigenvalue weighted by atomic mass is 10.0. The number of anilines is 2. The molecule has 1 amide bonds. The van der Waals surface area contributed by atoms with E-state index in [1.165, 1.54) is 13.0 Å². The summed E-state index contributed by atoms with van der Waals surface area (Å²) in [5.74, 6) is -0.323. The van der Waals surface area contributed by atoms with Gasteiger partial charge in [0.2, 0.25) is 5.91 Å². The highest BCUT2D eigenvalue weighted by molar-refractivity contribution is 5.88. The lowest BCUT2D eigenvalue weighted by Crippen LogP contribution is -2.10. The minimum atomic E-state index is -0.228. The van der Waals surface area contributed by atoms with Crippen molar-refractivity contribution in [3.8, 4) is 0 Å². The molecule has 0 aliphatic rings. The summed E-state index contributed by atoms with van der Waals surface area (Å²) in [6.07, 6.45) is 0.844. The molecule has 2 rings (SSSR count). The number of carbonyl (C=O) groups is 1. The van der Waals surface area contributed by atoms with Crippen LogP contribution in [-0.2, 0) is 4.79 Å². The number of rotatable bonds is 5. The van der Waals surface area contributed by atoms with E-state index in [1.807, 2.05) is 37.3 Å². The third kappa shape index (κ3) is 4.31. The molecule has 0 saturated heterocycles. The zero-order chi connectivity index (χ0) is 15.2. The summed E-state index contributed by atoms with van der Waals surface area (Å²) in [6.45, 7) is 3.53. The van der Waals surface area contributed by atoms with Crippen molar-refractivity contribution < 1.29 is 9.18 Å². The van der Waals surface area contributed by atoms with E-state index in [0.29, 0.717) is 0 Å². The van der Waals surface area contributed by atoms with Crippen LogP contribution in [0.2, 0.25) is 0 Å². The van der Waals surface area contributed by atoms with Crippen LogP contribution in [0.4, 0.5) is 15.8 Å². The molecule has 0 fully saturated rings. The summed E-state index contributed by atoms with van der Waals surface area (Å²) in [6, 6.07) is 14.1. The van der Waals surface area contributed by atoms with Crippen molar-refractivity contribution in [2.24, 2.45) is 0 Å². The van der Waals surface area contributed by atoms with Crippen LogP contribution in [0.5, 0.6) is 0 Å². The van der Waals surface area contributed by atoms with E-state index in [-0.39, 0.29) is 17.8 Å². The van der Waals surface area contributed by atoms with Gasteiger partial charge in [-0.3, -0.25) is 4.79 Å². The smallest absolute Gasteiger partial charge is 0.221 e. The molecule has 0 aliphatic heterocycles. The van der Waals surface area contributed by atoms with Gasteiger partial charge in [-0.25, -0.2) is 4.39 Å². The van der Waals surface area contributed by atoms with Crippen LogP contribution in [0, 0.1) is 5.82 Å². The van der Waals surface area contributed by atoms with Crippen molar-refractivity contribution in [2.75, 3.05) is 10.6 Å². The third-order valence-corrected chi connectivity index (χ3v) is 3.21. The monoisotopic (exact) mass is 286 g/mol. The molecular weight excluding hydrogens is 267 g/mol. The molecule has 0 aromatic heterocycles. The van der Waals surface area contributed by atoms with Gasteiger partial charge in [-0.2, -0.15) is 0 Å². The number of hydrogen-bond donors (Lipinski definition) is 2. The summed E-state index contributed by atoms with van der Waals surface area (Å²) < 4.78 is 13.3. The number of benzene rings is 2. The van der Waals surface area contributed by atoms with E-state index < -0.39 is 0 Å². The summed E-state index contributed by atoms with van der Waals surface area (Å²) >= 11 is 0. The molecule has 0 heterocycles. The summed E-state index contributed by atoms with van der Waals surface area (Å²) in [4.78, 5) is 11.0. The molecule has 0 saturated carbocycles. The van der Waals surface area contributed by atoms with Gasteiger partial charge in [0.05, 0.1) is 6.04 Å². The fourth-order valence-electron chi connectivity index (χ4n) is 2.20. The molecule has 2 aromatic rings. The fourth-order valence-corrected chi connectivity index (χ4v) is 2.20. The molecule has 2 aromatic carbocycles. The molecular formula is C17H19FN2O. The Balaban J connectivity index is 2.10. The molecule has 21 heavy (non-hydrogen) atoms. The first-order chi connectivity index (χ1) is 10.1. The molecule has 3 nitrogen and oxygen atoms in total. The first-order valence-electron chi connectivity index (χ1n) is 6.98. The number of nitrogens with one attached hydrogen (secondary N) is 2. The van der Waals surface area contributed by atoms with Crippen molar-refractivity contribution in [2.45, 2.75) is 26.3 Å². The highest BCUT2D eigenvalue weighted by Gasteiger charge is 2.09. The highest BCUT2D eigenvalue weighted by atomic mass is 19.1. The molecule has 1 atom stereocenters. The Kier molecular flexibility index (Phi) is 4.93. The van der Waals surface area contributed by atoms with Gasteiger partial charge >= 0.3 is 0 Å². The van der Waals surface area contributed by atoms with E-state index in [4.69, 9.17) is 0 Å². The highest BCUT2D eigenvalue weighted by Crippen LogP contribution is 2.24. The van der Waals surface area contributed by atoms with Gasteiger partial charge in [0.25, 0.3) is 0 Å². The largest absolute Gasteiger partial charge is 0.378 e. The maximum Gasteiger partial charge on any atom is 0.221 e. The number of hydrogen-bond acceptors (Lipinski definition) is 2. The van der Waals surface area contributed by atoms with E-state index in [0.717, 1.165) is 23.4 Å². The fraction of sp³-hybridized carbons (Fsp3) is 0.235. The van der Waals surface area contributed by atoms with Crippen LogP contribution in [0.25, 0.3) is 0 Å². The van der Waals surface area contributed by atoms with Gasteiger partial charge in [-0.15, -0.1) is 0 Å². The molecule has 0 bridgehead atoms. The zero-order valence-electron chi connectivity index (χ0n) is 12.2. The Bertz CT molecular complexity index is 610. The summed E-state index contributed by atoms with van der Waals surface area (Å²) in [5.41, 5.74) is 2.61. The molecule has 1 unspecified atom stereocenters. The van der Waals surface area contributed by atoms with E-state index in [9.17, 15) is 9.18 Å². The van der Waals surface area contributed by atoms with Gasteiger partial charge in [-0.1, -0.05) is 19.1 Å². The van der Waals surface area contributed by atoms with Crippen LogP contribution in [-0.4, -0.2) is 5.91 Å². The SMILES string of the molecule is CCC(Nc1ccc(NC(C)=O)cc1)c1cccc(F)c1. The van der Waals surface area contributed by atoms with E-state index >= 15 is 0 Å². The summed E-state index contributed by atoms with van der Waals surface area (Å²) in [7, 11) is 0. The van der Waals surface area contributed by atoms with Gasteiger partial charge in [0.1, 0.15) is 5.82 Å². The summed E-state index contributed by atoms with van der Waals surface area (Å²) in [5, 5.41) is 6.10. The Morgan fingerprint density at radius 2 is 1.81 bits per heavy atom. The number of halogens is 1. The maximum atomic E-state index is 13.3. The maximum absolute atomic E-state index is 13.3. The Hall–Kier alpha value is -2.36. The topological polar surface area (TPSA) is 41.1 Å². The minimum absolute atomic E-state index is 0.0484. The van der Waals surface area contributed by atoms with Gasteiger partial charge < -0.3 is 10.6 Å². The standard InChI is InChI=1S/C17H19FN2O/c1-3-17(13-5-4-6-14(18)11-13)20-16-9-7-15(8-10-16)19-12(2)21/h4-11,17,20H,3H2,1-2H3,(H,19,21). The van der Waals surface area contributed by atoms with E-state index in [2.05, 4.69) is 10.6 Å². The molecule has 0 radical (unpaired) electrons. The zero-order valence-corrected chi connectivity index (χ0v) is 12.2. The Labute approximate surface area is 124 Å². The number of carbonyl (C=O) groups excluding carboxylic acids is 1. The Morgan fingerprint density at radius 3 is 2.38 bits per heavy atom. The lowest BCUT2D eigenvalue weighted by Gasteiger charge is -2.19. The first kappa shape index (κ1) is 15.0. The normalized spacial score (nSPS) is 11.8. The van der Waals surface area contributed by atoms with E-state index in [1.54, 1.807) is 12.1 Å². The second kappa shape index (κ2) is 6.88. The molecule has 0 aliphatic carbocycles. The van der Waals surface area contributed by atoms with Crippen LogP contribution in [0.3, 0.4) is 0 Å². The molecule has 0 spiro atoms. The van der Waals surface area contributed by atoms with Gasteiger partial charge in [0, 0.05) is 18.3 Å². The van der Waals surface area contributed by atoms with Gasteiger partial charge in [0.15, 0.2) is 0 Å².